The number of carbonyl (C=O) groups is 1. The van der Waals surface area contributed by atoms with Crippen molar-refractivity contribution in [2.45, 2.75) is 19.3 Å². The lowest BCUT2D eigenvalue weighted by molar-refractivity contribution is -0.0893. The molecule has 0 bridgehead atoms. The van der Waals surface area contributed by atoms with Crippen LogP contribution in [0.25, 0.3) is 0 Å². The molecule has 16 heavy (non-hydrogen) atoms. The summed E-state index contributed by atoms with van der Waals surface area (Å²) in [7, 11) is 1.60. The highest BCUT2D eigenvalue weighted by atomic mass is 16.6. The summed E-state index contributed by atoms with van der Waals surface area (Å²) in [5.41, 5.74) is 0.991. The van der Waals surface area contributed by atoms with Crippen LogP contribution in [0.4, 0.5) is 4.79 Å². The normalized spacial score (nSPS) is 19.1. The summed E-state index contributed by atoms with van der Waals surface area (Å²) in [6.45, 7) is 1.03. The van der Waals surface area contributed by atoms with Gasteiger partial charge in [-0.1, -0.05) is 30.3 Å². The average Bonchev–Trinajstić information content (AvgIpc) is 2.27. The van der Waals surface area contributed by atoms with Crippen LogP contribution >= 0.6 is 0 Å². The van der Waals surface area contributed by atoms with Crippen molar-refractivity contribution < 1.29 is 14.3 Å². The molecule has 2 rings (SSSR count). The average molecular weight is 221 g/mol. The third-order valence-electron chi connectivity index (χ3n) is 2.68. The molecule has 4 nitrogen and oxygen atoms in total. The molecule has 1 amide bonds. The fourth-order valence-electron chi connectivity index (χ4n) is 1.62. The monoisotopic (exact) mass is 221 g/mol. The number of benzene rings is 1. The topological polar surface area (TPSA) is 38.8 Å². The fourth-order valence-corrected chi connectivity index (χ4v) is 1.62. The summed E-state index contributed by atoms with van der Waals surface area (Å²) in [5.74, 6) is 0. The number of likely N-dealkylation sites (tertiary alicyclic amines) is 1. The molecule has 1 aromatic carbocycles. The number of methoxy groups -OCH3 is 1. The lowest BCUT2D eigenvalue weighted by Gasteiger charge is -2.38. The number of ether oxygens (including phenoxy) is 2. The minimum absolute atomic E-state index is 0.108. The summed E-state index contributed by atoms with van der Waals surface area (Å²) >= 11 is 0. The van der Waals surface area contributed by atoms with Crippen molar-refractivity contribution in [3.63, 3.8) is 0 Å². The number of amides is 1. The first-order chi connectivity index (χ1) is 7.81. The van der Waals surface area contributed by atoms with Crippen LogP contribution in [-0.2, 0) is 16.1 Å². The van der Waals surface area contributed by atoms with Crippen LogP contribution in [0, 0.1) is 0 Å². The van der Waals surface area contributed by atoms with E-state index in [9.17, 15) is 4.79 Å². The van der Waals surface area contributed by atoms with Gasteiger partial charge in [-0.25, -0.2) is 4.79 Å². The van der Waals surface area contributed by atoms with E-state index in [4.69, 9.17) is 9.47 Å². The second-order valence-electron chi connectivity index (χ2n) is 3.71. The van der Waals surface area contributed by atoms with Crippen molar-refractivity contribution >= 4 is 6.09 Å². The Kier molecular flexibility index (Phi) is 3.41. The third kappa shape index (κ3) is 2.33. The molecular formula is C12H15NO3. The smallest absolute Gasteiger partial charge is 0.412 e. The van der Waals surface area contributed by atoms with Crippen molar-refractivity contribution in [1.82, 2.24) is 4.90 Å². The molecule has 0 aromatic heterocycles. The first-order valence-corrected chi connectivity index (χ1v) is 5.31. The number of rotatable bonds is 3. The Morgan fingerprint density at radius 1 is 1.44 bits per heavy atom. The molecule has 1 aromatic rings. The van der Waals surface area contributed by atoms with Crippen LogP contribution in [-0.4, -0.2) is 30.9 Å². The summed E-state index contributed by atoms with van der Waals surface area (Å²) in [6, 6.07) is 9.63. The number of hydrogen-bond acceptors (Lipinski definition) is 3. The van der Waals surface area contributed by atoms with Crippen LogP contribution in [0.1, 0.15) is 12.0 Å². The SMILES string of the molecule is COC1CCN1C(=O)OCc1ccccc1. The highest BCUT2D eigenvalue weighted by Gasteiger charge is 2.33. The predicted molar refractivity (Wildman–Crippen MR) is 58.7 cm³/mol. The molecule has 1 aliphatic rings. The molecule has 0 spiro atoms. The second kappa shape index (κ2) is 4.99. The van der Waals surface area contributed by atoms with Gasteiger partial charge in [0.1, 0.15) is 12.8 Å². The van der Waals surface area contributed by atoms with Gasteiger partial charge >= 0.3 is 6.09 Å². The maximum absolute atomic E-state index is 11.6. The van der Waals surface area contributed by atoms with Gasteiger partial charge in [0.15, 0.2) is 0 Å². The van der Waals surface area contributed by atoms with E-state index in [-0.39, 0.29) is 12.3 Å². The largest absolute Gasteiger partial charge is 0.444 e. The molecule has 1 saturated heterocycles. The molecule has 0 saturated carbocycles. The molecule has 0 radical (unpaired) electrons. The lowest BCUT2D eigenvalue weighted by atomic mass is 10.2. The van der Waals surface area contributed by atoms with E-state index in [0.717, 1.165) is 12.0 Å². The zero-order valence-electron chi connectivity index (χ0n) is 9.26. The molecular weight excluding hydrogens is 206 g/mol. The van der Waals surface area contributed by atoms with Gasteiger partial charge in [-0.15, -0.1) is 0 Å². The van der Waals surface area contributed by atoms with Gasteiger partial charge in [-0.2, -0.15) is 0 Å². The van der Waals surface area contributed by atoms with Gasteiger partial charge in [0.2, 0.25) is 0 Å². The van der Waals surface area contributed by atoms with Crippen molar-refractivity contribution in [3.8, 4) is 0 Å². The van der Waals surface area contributed by atoms with Gasteiger partial charge in [0.05, 0.1) is 0 Å². The Morgan fingerprint density at radius 2 is 2.19 bits per heavy atom. The maximum Gasteiger partial charge on any atom is 0.412 e. The quantitative estimate of drug-likeness (QED) is 0.783. The number of nitrogens with zero attached hydrogens (tertiary/aromatic N) is 1. The van der Waals surface area contributed by atoms with Gasteiger partial charge in [0, 0.05) is 20.1 Å². The van der Waals surface area contributed by atoms with E-state index >= 15 is 0 Å². The first kappa shape index (κ1) is 11.0. The van der Waals surface area contributed by atoms with Crippen molar-refractivity contribution in [2.75, 3.05) is 13.7 Å². The summed E-state index contributed by atoms with van der Waals surface area (Å²) < 4.78 is 10.3. The van der Waals surface area contributed by atoms with Crippen molar-refractivity contribution in [3.05, 3.63) is 35.9 Å². The van der Waals surface area contributed by atoms with Gasteiger partial charge in [0.25, 0.3) is 0 Å². The summed E-state index contributed by atoms with van der Waals surface area (Å²) in [6.07, 6.45) is 0.474. The van der Waals surface area contributed by atoms with Crippen LogP contribution in [0.15, 0.2) is 30.3 Å². The molecule has 0 aliphatic carbocycles. The molecule has 4 heteroatoms. The highest BCUT2D eigenvalue weighted by Crippen LogP contribution is 2.19. The first-order valence-electron chi connectivity index (χ1n) is 5.31. The highest BCUT2D eigenvalue weighted by molar-refractivity contribution is 5.68. The molecule has 1 heterocycles. The van der Waals surface area contributed by atoms with E-state index < -0.39 is 0 Å². The summed E-state index contributed by atoms with van der Waals surface area (Å²) in [4.78, 5) is 13.2. The maximum atomic E-state index is 11.6. The lowest BCUT2D eigenvalue weighted by Crippen LogP contribution is -2.52. The van der Waals surface area contributed by atoms with Crippen molar-refractivity contribution in [1.29, 1.82) is 0 Å². The zero-order valence-corrected chi connectivity index (χ0v) is 9.26. The minimum Gasteiger partial charge on any atom is -0.444 e. The van der Waals surface area contributed by atoms with E-state index in [2.05, 4.69) is 0 Å². The second-order valence-corrected chi connectivity index (χ2v) is 3.71. The fraction of sp³-hybridized carbons (Fsp3) is 0.417. The number of carbonyl (C=O) groups excluding carboxylic acids is 1. The zero-order chi connectivity index (χ0) is 11.4. The molecule has 1 atom stereocenters. The van der Waals surface area contributed by atoms with Crippen LogP contribution in [0.3, 0.4) is 0 Å². The van der Waals surface area contributed by atoms with Crippen LogP contribution in [0.2, 0.25) is 0 Å². The Labute approximate surface area is 94.8 Å². The molecule has 1 unspecified atom stereocenters. The van der Waals surface area contributed by atoms with Crippen LogP contribution < -0.4 is 0 Å². The van der Waals surface area contributed by atoms with E-state index in [1.54, 1.807) is 12.0 Å². The van der Waals surface area contributed by atoms with Gasteiger partial charge in [-0.05, 0) is 5.56 Å². The molecule has 1 fully saturated rings. The predicted octanol–water partition coefficient (Wildman–Crippen LogP) is 2.00. The van der Waals surface area contributed by atoms with E-state index in [1.807, 2.05) is 30.3 Å². The minimum atomic E-state index is -0.304. The molecule has 0 N–H and O–H groups in total. The molecule has 1 aliphatic heterocycles. The standard InChI is InChI=1S/C12H15NO3/c1-15-11-7-8-13(11)12(14)16-9-10-5-3-2-4-6-10/h2-6,11H,7-9H2,1H3. The third-order valence-corrected chi connectivity index (χ3v) is 2.68. The Morgan fingerprint density at radius 3 is 2.75 bits per heavy atom. The molecule has 86 valence electrons. The van der Waals surface area contributed by atoms with Gasteiger partial charge in [-0.3, -0.25) is 4.90 Å². The van der Waals surface area contributed by atoms with Crippen LogP contribution in [0.5, 0.6) is 0 Å². The Bertz CT molecular complexity index is 351. The summed E-state index contributed by atoms with van der Waals surface area (Å²) in [5, 5.41) is 0. The van der Waals surface area contributed by atoms with E-state index in [0.29, 0.717) is 13.2 Å². The number of hydrogen-bond donors (Lipinski definition) is 0. The van der Waals surface area contributed by atoms with E-state index in [1.165, 1.54) is 0 Å². The van der Waals surface area contributed by atoms with Gasteiger partial charge < -0.3 is 9.47 Å². The Hall–Kier alpha value is -1.55. The Balaban J connectivity index is 1.80. The van der Waals surface area contributed by atoms with Crippen molar-refractivity contribution in [2.24, 2.45) is 0 Å².